The molecule has 1 aromatic rings. The molecule has 3 heteroatoms. The van der Waals surface area contributed by atoms with Gasteiger partial charge >= 0.3 is 0 Å². The van der Waals surface area contributed by atoms with Gasteiger partial charge in [0.05, 0.1) is 6.07 Å². The largest absolute Gasteiger partial charge is 0.345 e. The lowest BCUT2D eigenvalue weighted by Crippen LogP contribution is -1.95. The second kappa shape index (κ2) is 3.20. The van der Waals surface area contributed by atoms with Gasteiger partial charge in [0.2, 0.25) is 0 Å². The number of aromatic nitrogens is 2. The van der Waals surface area contributed by atoms with Gasteiger partial charge in [0.15, 0.2) is 0 Å². The number of imidazole rings is 1. The molecule has 0 spiro atoms. The molecule has 1 rings (SSSR count). The summed E-state index contributed by atoms with van der Waals surface area (Å²) in [6.45, 7) is 3.91. The molecule has 1 unspecified atom stereocenters. The van der Waals surface area contributed by atoms with Gasteiger partial charge in [-0.05, 0) is 13.3 Å². The topological polar surface area (TPSA) is 52.5 Å². The zero-order chi connectivity index (χ0) is 8.27. The first kappa shape index (κ1) is 7.80. The second-order valence-corrected chi connectivity index (χ2v) is 2.54. The molecule has 1 atom stereocenters. The predicted molar refractivity (Wildman–Crippen MR) is 42.0 cm³/mol. The molecule has 0 bridgehead atoms. The Kier molecular flexibility index (Phi) is 2.27. The van der Waals surface area contributed by atoms with Crippen LogP contribution in [-0.4, -0.2) is 9.97 Å². The van der Waals surface area contributed by atoms with E-state index < -0.39 is 0 Å². The molecule has 0 saturated heterocycles. The highest BCUT2D eigenvalue weighted by Crippen LogP contribution is 2.13. The number of nitrogens with zero attached hydrogens (tertiary/aromatic N) is 2. The minimum atomic E-state index is -0.0799. The Morgan fingerprint density at radius 2 is 2.55 bits per heavy atom. The summed E-state index contributed by atoms with van der Waals surface area (Å²) in [7, 11) is 0. The molecule has 3 nitrogen and oxygen atoms in total. The van der Waals surface area contributed by atoms with Crippen LogP contribution in [0.15, 0.2) is 6.20 Å². The van der Waals surface area contributed by atoms with Crippen LogP contribution in [0, 0.1) is 18.3 Å². The Morgan fingerprint density at radius 3 is 2.91 bits per heavy atom. The number of aromatic amines is 1. The van der Waals surface area contributed by atoms with Crippen LogP contribution in [0.4, 0.5) is 0 Å². The number of nitrogens with one attached hydrogen (secondary N) is 1. The summed E-state index contributed by atoms with van der Waals surface area (Å²) < 4.78 is 0. The SMILES string of the molecule is CCC(C#N)c1ncc(C)[nH]1. The predicted octanol–water partition coefficient (Wildman–Crippen LogP) is 1.74. The number of nitriles is 1. The van der Waals surface area contributed by atoms with Crippen molar-refractivity contribution in [3.8, 4) is 6.07 Å². The molecule has 0 fully saturated rings. The quantitative estimate of drug-likeness (QED) is 0.696. The molecule has 1 heterocycles. The number of H-pyrrole nitrogens is 1. The highest BCUT2D eigenvalue weighted by Gasteiger charge is 2.09. The Bertz CT molecular complexity index is 269. The zero-order valence-electron chi connectivity index (χ0n) is 6.76. The smallest absolute Gasteiger partial charge is 0.123 e. The molecule has 58 valence electrons. The monoisotopic (exact) mass is 149 g/mol. The fourth-order valence-electron chi connectivity index (χ4n) is 0.956. The van der Waals surface area contributed by atoms with Crippen LogP contribution in [0.1, 0.15) is 30.8 Å². The van der Waals surface area contributed by atoms with Crippen molar-refractivity contribution in [2.75, 3.05) is 0 Å². The van der Waals surface area contributed by atoms with E-state index >= 15 is 0 Å². The van der Waals surface area contributed by atoms with Gasteiger partial charge in [-0.25, -0.2) is 4.98 Å². The van der Waals surface area contributed by atoms with Crippen LogP contribution in [0.25, 0.3) is 0 Å². The summed E-state index contributed by atoms with van der Waals surface area (Å²) in [5.41, 5.74) is 1.01. The Labute approximate surface area is 66.1 Å². The van der Waals surface area contributed by atoms with Gasteiger partial charge in [-0.1, -0.05) is 6.92 Å². The van der Waals surface area contributed by atoms with Gasteiger partial charge in [0.1, 0.15) is 11.7 Å². The molecule has 11 heavy (non-hydrogen) atoms. The second-order valence-electron chi connectivity index (χ2n) is 2.54. The lowest BCUT2D eigenvalue weighted by Gasteiger charge is -1.98. The number of rotatable bonds is 2. The van der Waals surface area contributed by atoms with Gasteiger partial charge in [-0.3, -0.25) is 0 Å². The zero-order valence-corrected chi connectivity index (χ0v) is 6.76. The average Bonchev–Trinajstić information content (AvgIpc) is 2.39. The minimum absolute atomic E-state index is 0.0799. The first-order valence-electron chi connectivity index (χ1n) is 3.69. The normalized spacial score (nSPS) is 12.5. The molecule has 0 aliphatic rings. The molecule has 1 N–H and O–H groups in total. The van der Waals surface area contributed by atoms with Crippen molar-refractivity contribution in [2.24, 2.45) is 0 Å². The first-order chi connectivity index (χ1) is 5.27. The molecule has 0 aliphatic carbocycles. The van der Waals surface area contributed by atoms with Gasteiger partial charge in [-0.2, -0.15) is 5.26 Å². The van der Waals surface area contributed by atoms with Crippen molar-refractivity contribution < 1.29 is 0 Å². The van der Waals surface area contributed by atoms with Crippen LogP contribution in [0.3, 0.4) is 0 Å². The Balaban J connectivity index is 2.84. The van der Waals surface area contributed by atoms with Gasteiger partial charge < -0.3 is 4.98 Å². The lowest BCUT2D eigenvalue weighted by atomic mass is 10.1. The van der Waals surface area contributed by atoms with Crippen molar-refractivity contribution in [3.63, 3.8) is 0 Å². The summed E-state index contributed by atoms with van der Waals surface area (Å²) in [6.07, 6.45) is 2.55. The molecule has 0 amide bonds. The van der Waals surface area contributed by atoms with E-state index in [0.717, 1.165) is 17.9 Å². The van der Waals surface area contributed by atoms with E-state index in [4.69, 9.17) is 5.26 Å². The van der Waals surface area contributed by atoms with Gasteiger partial charge in [-0.15, -0.1) is 0 Å². The summed E-state index contributed by atoms with van der Waals surface area (Å²) in [4.78, 5) is 7.12. The Morgan fingerprint density at radius 1 is 1.82 bits per heavy atom. The van der Waals surface area contributed by atoms with E-state index in [0.29, 0.717) is 0 Å². The standard InChI is InChI=1S/C8H11N3/c1-3-7(4-9)8-10-5-6(2)11-8/h5,7H,3H2,1-2H3,(H,10,11). The third-order valence-electron chi connectivity index (χ3n) is 1.62. The maximum Gasteiger partial charge on any atom is 0.123 e. The molecule has 0 aromatic carbocycles. The molecular weight excluding hydrogens is 138 g/mol. The van der Waals surface area contributed by atoms with Crippen LogP contribution < -0.4 is 0 Å². The van der Waals surface area contributed by atoms with E-state index in [2.05, 4.69) is 16.0 Å². The van der Waals surface area contributed by atoms with Crippen molar-refractivity contribution in [1.29, 1.82) is 5.26 Å². The lowest BCUT2D eigenvalue weighted by molar-refractivity contribution is 0.764. The van der Waals surface area contributed by atoms with E-state index in [9.17, 15) is 0 Å². The molecule has 0 aliphatic heterocycles. The molecular formula is C8H11N3. The van der Waals surface area contributed by atoms with E-state index in [1.807, 2.05) is 13.8 Å². The van der Waals surface area contributed by atoms with Crippen molar-refractivity contribution in [1.82, 2.24) is 9.97 Å². The van der Waals surface area contributed by atoms with Crippen LogP contribution in [-0.2, 0) is 0 Å². The van der Waals surface area contributed by atoms with Crippen LogP contribution in [0.2, 0.25) is 0 Å². The highest BCUT2D eigenvalue weighted by molar-refractivity contribution is 5.10. The first-order valence-corrected chi connectivity index (χ1v) is 3.69. The number of hydrogen-bond acceptors (Lipinski definition) is 2. The van der Waals surface area contributed by atoms with E-state index in [1.54, 1.807) is 6.20 Å². The van der Waals surface area contributed by atoms with Crippen molar-refractivity contribution in [3.05, 3.63) is 17.7 Å². The summed E-state index contributed by atoms with van der Waals surface area (Å²) >= 11 is 0. The minimum Gasteiger partial charge on any atom is -0.345 e. The van der Waals surface area contributed by atoms with Crippen molar-refractivity contribution >= 4 is 0 Å². The molecule has 1 aromatic heterocycles. The number of aryl methyl sites for hydroxylation is 1. The molecule has 0 radical (unpaired) electrons. The fourth-order valence-corrected chi connectivity index (χ4v) is 0.956. The van der Waals surface area contributed by atoms with E-state index in [1.165, 1.54) is 0 Å². The summed E-state index contributed by atoms with van der Waals surface area (Å²) in [6, 6.07) is 2.19. The molecule has 0 saturated carbocycles. The number of hydrogen-bond donors (Lipinski definition) is 1. The average molecular weight is 149 g/mol. The highest BCUT2D eigenvalue weighted by atomic mass is 14.9. The summed E-state index contributed by atoms with van der Waals surface area (Å²) in [5, 5.41) is 8.68. The third-order valence-corrected chi connectivity index (χ3v) is 1.62. The van der Waals surface area contributed by atoms with Gasteiger partial charge in [0, 0.05) is 11.9 Å². The van der Waals surface area contributed by atoms with E-state index in [-0.39, 0.29) is 5.92 Å². The Hall–Kier alpha value is -1.30. The third kappa shape index (κ3) is 1.58. The van der Waals surface area contributed by atoms with Crippen LogP contribution >= 0.6 is 0 Å². The summed E-state index contributed by atoms with van der Waals surface area (Å²) in [5.74, 6) is 0.705. The maximum absolute atomic E-state index is 8.68. The fraction of sp³-hybridized carbons (Fsp3) is 0.500. The van der Waals surface area contributed by atoms with Crippen LogP contribution in [0.5, 0.6) is 0 Å². The van der Waals surface area contributed by atoms with Gasteiger partial charge in [0.25, 0.3) is 0 Å². The maximum atomic E-state index is 8.68. The van der Waals surface area contributed by atoms with Crippen molar-refractivity contribution in [2.45, 2.75) is 26.2 Å².